The van der Waals surface area contributed by atoms with Crippen LogP contribution in [0.25, 0.3) is 0 Å². The Morgan fingerprint density at radius 3 is 2.90 bits per heavy atom. The Balaban J connectivity index is 2.01. The number of halogens is 1. The van der Waals surface area contributed by atoms with Crippen LogP contribution < -0.4 is 5.32 Å². The van der Waals surface area contributed by atoms with Crippen LogP contribution in [-0.2, 0) is 0 Å². The second kappa shape index (κ2) is 6.83. The van der Waals surface area contributed by atoms with Gasteiger partial charge in [-0.3, -0.25) is 9.78 Å². The highest BCUT2D eigenvalue weighted by Gasteiger charge is 2.16. The van der Waals surface area contributed by atoms with E-state index in [4.69, 9.17) is 11.6 Å². The van der Waals surface area contributed by atoms with Crippen molar-refractivity contribution in [3.63, 3.8) is 0 Å². The second-order valence-corrected chi connectivity index (χ2v) is 5.82. The predicted octanol–water partition coefficient (Wildman–Crippen LogP) is 2.83. The van der Waals surface area contributed by atoms with Crippen LogP contribution in [0, 0.1) is 0 Å². The van der Waals surface area contributed by atoms with E-state index in [2.05, 4.69) is 26.6 Å². The van der Waals surface area contributed by atoms with Crippen molar-refractivity contribution in [2.24, 2.45) is 0 Å². The third-order valence-electron chi connectivity index (χ3n) is 2.96. The number of amides is 1. The first kappa shape index (κ1) is 15.0. The molecule has 0 spiro atoms. The number of hydrogen-bond acceptors (Lipinski definition) is 4. The summed E-state index contributed by atoms with van der Waals surface area (Å²) in [5.41, 5.74) is 1.53. The number of nitrogens with one attached hydrogen (secondary N) is 1. The van der Waals surface area contributed by atoms with Gasteiger partial charge in [-0.15, -0.1) is 0 Å². The monoisotopic (exact) mass is 309 g/mol. The van der Waals surface area contributed by atoms with Crippen LogP contribution in [0.1, 0.15) is 22.1 Å². The molecule has 0 aliphatic carbocycles. The van der Waals surface area contributed by atoms with Gasteiger partial charge in [0.05, 0.1) is 6.04 Å². The summed E-state index contributed by atoms with van der Waals surface area (Å²) in [6, 6.07) is 5.42. The van der Waals surface area contributed by atoms with Crippen molar-refractivity contribution in [2.75, 3.05) is 20.6 Å². The van der Waals surface area contributed by atoms with Gasteiger partial charge in [-0.05, 0) is 48.6 Å². The SMILES string of the molecule is CN(C)[C@H](CNC(=O)c1cc(Cl)ccn1)c1ccsc1. The summed E-state index contributed by atoms with van der Waals surface area (Å²) in [6.45, 7) is 0.525. The van der Waals surface area contributed by atoms with E-state index < -0.39 is 0 Å². The molecule has 1 atom stereocenters. The lowest BCUT2D eigenvalue weighted by atomic mass is 10.1. The zero-order chi connectivity index (χ0) is 14.5. The molecule has 0 aliphatic rings. The van der Waals surface area contributed by atoms with Crippen LogP contribution in [0.5, 0.6) is 0 Å². The minimum absolute atomic E-state index is 0.143. The van der Waals surface area contributed by atoms with E-state index in [9.17, 15) is 4.79 Å². The Morgan fingerprint density at radius 1 is 1.50 bits per heavy atom. The summed E-state index contributed by atoms with van der Waals surface area (Å²) < 4.78 is 0. The first-order valence-electron chi connectivity index (χ1n) is 6.16. The summed E-state index contributed by atoms with van der Waals surface area (Å²) in [5, 5.41) is 7.53. The van der Waals surface area contributed by atoms with E-state index >= 15 is 0 Å². The maximum absolute atomic E-state index is 12.0. The zero-order valence-electron chi connectivity index (χ0n) is 11.3. The van der Waals surface area contributed by atoms with Gasteiger partial charge in [-0.1, -0.05) is 11.6 Å². The summed E-state index contributed by atoms with van der Waals surface area (Å²) in [7, 11) is 3.98. The van der Waals surface area contributed by atoms with Crippen molar-refractivity contribution < 1.29 is 4.79 Å². The molecule has 0 fully saturated rings. The zero-order valence-corrected chi connectivity index (χ0v) is 12.9. The Labute approximate surface area is 127 Å². The third kappa shape index (κ3) is 3.79. The number of aromatic nitrogens is 1. The van der Waals surface area contributed by atoms with Gasteiger partial charge in [0.15, 0.2) is 0 Å². The van der Waals surface area contributed by atoms with Crippen molar-refractivity contribution >= 4 is 28.8 Å². The fraction of sp³-hybridized carbons (Fsp3) is 0.286. The van der Waals surface area contributed by atoms with Gasteiger partial charge in [0.1, 0.15) is 5.69 Å². The van der Waals surface area contributed by atoms with E-state index in [1.54, 1.807) is 23.5 Å². The summed E-state index contributed by atoms with van der Waals surface area (Å²) in [6.07, 6.45) is 1.53. The van der Waals surface area contributed by atoms with Crippen LogP contribution in [0.15, 0.2) is 35.2 Å². The Morgan fingerprint density at radius 2 is 2.30 bits per heavy atom. The molecule has 2 heterocycles. The van der Waals surface area contributed by atoms with Crippen molar-refractivity contribution in [3.8, 4) is 0 Å². The third-order valence-corrected chi connectivity index (χ3v) is 3.90. The van der Waals surface area contributed by atoms with Crippen LogP contribution in [0.3, 0.4) is 0 Å². The second-order valence-electron chi connectivity index (χ2n) is 4.61. The highest BCUT2D eigenvalue weighted by Crippen LogP contribution is 2.20. The van der Waals surface area contributed by atoms with E-state index in [-0.39, 0.29) is 11.9 Å². The van der Waals surface area contributed by atoms with Gasteiger partial charge in [0.25, 0.3) is 5.91 Å². The van der Waals surface area contributed by atoms with Crippen molar-refractivity contribution in [1.82, 2.24) is 15.2 Å². The number of carbonyl (C=O) groups excluding carboxylic acids is 1. The smallest absolute Gasteiger partial charge is 0.269 e. The topological polar surface area (TPSA) is 45.2 Å². The fourth-order valence-electron chi connectivity index (χ4n) is 1.87. The molecular weight excluding hydrogens is 294 g/mol. The van der Waals surface area contributed by atoms with E-state index in [1.807, 2.05) is 19.5 Å². The van der Waals surface area contributed by atoms with Gasteiger partial charge in [-0.2, -0.15) is 11.3 Å². The first-order valence-corrected chi connectivity index (χ1v) is 7.48. The number of nitrogens with zero attached hydrogens (tertiary/aromatic N) is 2. The Bertz CT molecular complexity index is 572. The lowest BCUT2D eigenvalue weighted by molar-refractivity contribution is 0.0937. The highest BCUT2D eigenvalue weighted by molar-refractivity contribution is 7.07. The average Bonchev–Trinajstić information content (AvgIpc) is 2.92. The summed E-state index contributed by atoms with van der Waals surface area (Å²) >= 11 is 7.51. The molecule has 6 heteroatoms. The molecule has 20 heavy (non-hydrogen) atoms. The number of rotatable bonds is 5. The minimum atomic E-state index is -0.213. The Kier molecular flexibility index (Phi) is 5.11. The Hall–Kier alpha value is -1.43. The van der Waals surface area contributed by atoms with Gasteiger partial charge in [-0.25, -0.2) is 0 Å². The molecular formula is C14H16ClN3OS. The standard InChI is InChI=1S/C14H16ClN3OS/c1-18(2)13(10-4-6-20-9-10)8-17-14(19)12-7-11(15)3-5-16-12/h3-7,9,13H,8H2,1-2H3,(H,17,19)/t13-/m1/s1. The lowest BCUT2D eigenvalue weighted by Crippen LogP contribution is -2.34. The quantitative estimate of drug-likeness (QED) is 0.924. The lowest BCUT2D eigenvalue weighted by Gasteiger charge is -2.23. The maximum atomic E-state index is 12.0. The molecule has 0 saturated carbocycles. The molecule has 0 unspecified atom stereocenters. The molecule has 2 aromatic heterocycles. The van der Waals surface area contributed by atoms with E-state index in [1.165, 1.54) is 11.8 Å². The van der Waals surface area contributed by atoms with Gasteiger partial charge < -0.3 is 10.2 Å². The summed E-state index contributed by atoms with van der Waals surface area (Å²) in [5.74, 6) is -0.213. The van der Waals surface area contributed by atoms with Crippen molar-refractivity contribution in [3.05, 3.63) is 51.4 Å². The minimum Gasteiger partial charge on any atom is -0.349 e. The summed E-state index contributed by atoms with van der Waals surface area (Å²) in [4.78, 5) is 18.1. The molecule has 106 valence electrons. The molecule has 4 nitrogen and oxygen atoms in total. The van der Waals surface area contributed by atoms with Crippen LogP contribution >= 0.6 is 22.9 Å². The molecule has 0 aliphatic heterocycles. The molecule has 0 radical (unpaired) electrons. The molecule has 0 saturated heterocycles. The number of likely N-dealkylation sites (N-methyl/N-ethyl adjacent to an activating group) is 1. The van der Waals surface area contributed by atoms with Crippen molar-refractivity contribution in [2.45, 2.75) is 6.04 Å². The van der Waals surface area contributed by atoms with E-state index in [0.29, 0.717) is 17.3 Å². The normalized spacial score (nSPS) is 12.4. The number of carbonyl (C=O) groups is 1. The van der Waals surface area contributed by atoms with Gasteiger partial charge in [0, 0.05) is 17.8 Å². The number of pyridine rings is 1. The van der Waals surface area contributed by atoms with E-state index in [0.717, 1.165) is 0 Å². The molecule has 2 rings (SSSR count). The van der Waals surface area contributed by atoms with Crippen LogP contribution in [-0.4, -0.2) is 36.4 Å². The number of thiophene rings is 1. The molecule has 0 aromatic carbocycles. The number of hydrogen-bond donors (Lipinski definition) is 1. The maximum Gasteiger partial charge on any atom is 0.269 e. The average molecular weight is 310 g/mol. The predicted molar refractivity (Wildman–Crippen MR) is 82.3 cm³/mol. The molecule has 2 aromatic rings. The van der Waals surface area contributed by atoms with Gasteiger partial charge >= 0.3 is 0 Å². The first-order chi connectivity index (χ1) is 9.58. The largest absolute Gasteiger partial charge is 0.349 e. The fourth-order valence-corrected chi connectivity index (χ4v) is 2.74. The van der Waals surface area contributed by atoms with Crippen LogP contribution in [0.4, 0.5) is 0 Å². The van der Waals surface area contributed by atoms with Crippen molar-refractivity contribution in [1.29, 1.82) is 0 Å². The molecule has 1 amide bonds. The van der Waals surface area contributed by atoms with Gasteiger partial charge in [0.2, 0.25) is 0 Å². The highest BCUT2D eigenvalue weighted by atomic mass is 35.5. The molecule has 1 N–H and O–H groups in total. The molecule has 0 bridgehead atoms. The van der Waals surface area contributed by atoms with Crippen LogP contribution in [0.2, 0.25) is 5.02 Å².